The maximum absolute atomic E-state index is 11.5. The van der Waals surface area contributed by atoms with Gasteiger partial charge in [0.2, 0.25) is 5.91 Å². The lowest BCUT2D eigenvalue weighted by Crippen LogP contribution is -2.27. The summed E-state index contributed by atoms with van der Waals surface area (Å²) < 4.78 is 10.2. The molecule has 1 saturated heterocycles. The number of carbonyl (C=O) groups is 2. The maximum Gasteiger partial charge on any atom is 0.329 e. The van der Waals surface area contributed by atoms with Crippen LogP contribution in [0.3, 0.4) is 0 Å². The van der Waals surface area contributed by atoms with Crippen molar-refractivity contribution in [2.45, 2.75) is 0 Å². The molecule has 0 radical (unpaired) electrons. The Morgan fingerprint density at radius 2 is 1.71 bits per heavy atom. The molecule has 3 amide bonds. The van der Waals surface area contributed by atoms with Crippen LogP contribution in [0.4, 0.5) is 10.5 Å². The summed E-state index contributed by atoms with van der Waals surface area (Å²) in [5.74, 6) is 0.801. The Labute approximate surface area is 98.1 Å². The molecule has 1 aliphatic rings. The van der Waals surface area contributed by atoms with E-state index in [9.17, 15) is 9.59 Å². The quantitative estimate of drug-likeness (QED) is 0.787. The summed E-state index contributed by atoms with van der Waals surface area (Å²) in [6.07, 6.45) is 0. The zero-order valence-electron chi connectivity index (χ0n) is 9.52. The number of nitrogens with zero attached hydrogens (tertiary/aromatic N) is 1. The van der Waals surface area contributed by atoms with E-state index in [0.717, 1.165) is 0 Å². The highest BCUT2D eigenvalue weighted by Gasteiger charge is 2.28. The van der Waals surface area contributed by atoms with Gasteiger partial charge < -0.3 is 9.47 Å². The lowest BCUT2D eigenvalue weighted by molar-refractivity contribution is -0.117. The Kier molecular flexibility index (Phi) is 2.86. The third-order valence-corrected chi connectivity index (χ3v) is 2.44. The summed E-state index contributed by atoms with van der Waals surface area (Å²) in [4.78, 5) is 23.9. The number of benzene rings is 1. The Morgan fingerprint density at radius 3 is 2.12 bits per heavy atom. The number of carbonyl (C=O) groups excluding carboxylic acids is 2. The average molecular weight is 236 g/mol. The Morgan fingerprint density at radius 1 is 1.12 bits per heavy atom. The van der Waals surface area contributed by atoms with Crippen molar-refractivity contribution in [2.75, 3.05) is 25.7 Å². The van der Waals surface area contributed by atoms with E-state index in [-0.39, 0.29) is 12.5 Å². The molecular formula is C11H12N2O4. The highest BCUT2D eigenvalue weighted by atomic mass is 16.5. The SMILES string of the molecule is COc1cc(OC)cc(N2CC(=O)NC2=O)c1. The summed E-state index contributed by atoms with van der Waals surface area (Å²) >= 11 is 0. The molecule has 1 aromatic rings. The van der Waals surface area contributed by atoms with Crippen LogP contribution >= 0.6 is 0 Å². The van der Waals surface area contributed by atoms with Crippen molar-refractivity contribution in [3.05, 3.63) is 18.2 Å². The first-order valence-electron chi connectivity index (χ1n) is 4.98. The van der Waals surface area contributed by atoms with E-state index in [1.165, 1.54) is 19.1 Å². The molecule has 6 heteroatoms. The summed E-state index contributed by atoms with van der Waals surface area (Å²) in [6, 6.07) is 4.59. The van der Waals surface area contributed by atoms with Crippen LogP contribution in [-0.4, -0.2) is 32.7 Å². The molecule has 17 heavy (non-hydrogen) atoms. The van der Waals surface area contributed by atoms with Crippen LogP contribution in [0.15, 0.2) is 18.2 Å². The van der Waals surface area contributed by atoms with Gasteiger partial charge >= 0.3 is 6.03 Å². The van der Waals surface area contributed by atoms with Gasteiger partial charge in [0.25, 0.3) is 0 Å². The van der Waals surface area contributed by atoms with Gasteiger partial charge in [0.1, 0.15) is 18.0 Å². The van der Waals surface area contributed by atoms with E-state index in [1.807, 2.05) is 0 Å². The van der Waals surface area contributed by atoms with E-state index in [0.29, 0.717) is 17.2 Å². The van der Waals surface area contributed by atoms with Gasteiger partial charge in [0.15, 0.2) is 0 Å². The average Bonchev–Trinajstić information content (AvgIpc) is 2.67. The first-order chi connectivity index (χ1) is 8.13. The second-order valence-electron chi connectivity index (χ2n) is 3.51. The molecule has 90 valence electrons. The summed E-state index contributed by atoms with van der Waals surface area (Å²) in [7, 11) is 3.04. The van der Waals surface area contributed by atoms with Crippen LogP contribution < -0.4 is 19.7 Å². The number of urea groups is 1. The molecule has 1 N–H and O–H groups in total. The van der Waals surface area contributed by atoms with Gasteiger partial charge in [-0.1, -0.05) is 0 Å². The van der Waals surface area contributed by atoms with Gasteiger partial charge in [0.05, 0.1) is 19.9 Å². The summed E-state index contributed by atoms with van der Waals surface area (Å²) in [5, 5.41) is 2.21. The highest BCUT2D eigenvalue weighted by molar-refractivity contribution is 6.12. The van der Waals surface area contributed by atoms with E-state index < -0.39 is 6.03 Å². The molecule has 1 fully saturated rings. The zero-order chi connectivity index (χ0) is 12.4. The van der Waals surface area contributed by atoms with Crippen LogP contribution in [0.1, 0.15) is 0 Å². The summed E-state index contributed by atoms with van der Waals surface area (Å²) in [5.41, 5.74) is 0.560. The smallest absolute Gasteiger partial charge is 0.329 e. The van der Waals surface area contributed by atoms with Gasteiger partial charge in [-0.2, -0.15) is 0 Å². The van der Waals surface area contributed by atoms with Crippen LogP contribution in [0.5, 0.6) is 11.5 Å². The lowest BCUT2D eigenvalue weighted by Gasteiger charge is -2.15. The molecule has 0 spiro atoms. The predicted molar refractivity (Wildman–Crippen MR) is 60.4 cm³/mol. The van der Waals surface area contributed by atoms with Crippen molar-refractivity contribution in [2.24, 2.45) is 0 Å². The number of anilines is 1. The van der Waals surface area contributed by atoms with E-state index >= 15 is 0 Å². The third kappa shape index (κ3) is 2.15. The van der Waals surface area contributed by atoms with Gasteiger partial charge in [-0.3, -0.25) is 15.0 Å². The van der Waals surface area contributed by atoms with Crippen LogP contribution in [0.25, 0.3) is 0 Å². The normalized spacial score (nSPS) is 14.8. The first kappa shape index (κ1) is 11.3. The minimum atomic E-state index is -0.440. The van der Waals surface area contributed by atoms with E-state index in [1.54, 1.807) is 18.2 Å². The molecule has 6 nitrogen and oxygen atoms in total. The standard InChI is InChI=1S/C11H12N2O4/c1-16-8-3-7(4-9(5-8)17-2)13-6-10(14)12-11(13)15/h3-5H,6H2,1-2H3,(H,12,14,15). The largest absolute Gasteiger partial charge is 0.497 e. The minimum absolute atomic E-state index is 0.00908. The number of hydrogen-bond acceptors (Lipinski definition) is 4. The third-order valence-electron chi connectivity index (χ3n) is 2.44. The number of amides is 3. The fourth-order valence-electron chi connectivity index (χ4n) is 1.60. The van der Waals surface area contributed by atoms with Gasteiger partial charge in [-0.05, 0) is 0 Å². The zero-order valence-corrected chi connectivity index (χ0v) is 9.52. The fourth-order valence-corrected chi connectivity index (χ4v) is 1.60. The van der Waals surface area contributed by atoms with Gasteiger partial charge in [-0.15, -0.1) is 0 Å². The van der Waals surface area contributed by atoms with E-state index in [4.69, 9.17) is 9.47 Å². The van der Waals surface area contributed by atoms with Crippen molar-refractivity contribution in [1.29, 1.82) is 0 Å². The molecule has 0 aliphatic carbocycles. The molecule has 0 bridgehead atoms. The van der Waals surface area contributed by atoms with Crippen LogP contribution in [0, 0.1) is 0 Å². The Bertz CT molecular complexity index is 450. The fraction of sp³-hybridized carbons (Fsp3) is 0.273. The molecule has 1 aromatic carbocycles. The number of methoxy groups -OCH3 is 2. The van der Waals surface area contributed by atoms with Crippen molar-refractivity contribution in [3.8, 4) is 11.5 Å². The maximum atomic E-state index is 11.5. The molecule has 1 heterocycles. The Balaban J connectivity index is 2.37. The molecule has 0 atom stereocenters. The second-order valence-corrected chi connectivity index (χ2v) is 3.51. The van der Waals surface area contributed by atoms with Crippen LogP contribution in [0.2, 0.25) is 0 Å². The Hall–Kier alpha value is -2.24. The van der Waals surface area contributed by atoms with Gasteiger partial charge in [0, 0.05) is 18.2 Å². The molecule has 1 aliphatic heterocycles. The molecular weight excluding hydrogens is 224 g/mol. The molecule has 2 rings (SSSR count). The number of rotatable bonds is 3. The summed E-state index contributed by atoms with van der Waals surface area (Å²) in [6.45, 7) is 0.00908. The lowest BCUT2D eigenvalue weighted by atomic mass is 10.2. The van der Waals surface area contributed by atoms with Crippen molar-refractivity contribution >= 4 is 17.6 Å². The van der Waals surface area contributed by atoms with Crippen molar-refractivity contribution in [3.63, 3.8) is 0 Å². The predicted octanol–water partition coefficient (Wildman–Crippen LogP) is 0.760. The monoisotopic (exact) mass is 236 g/mol. The second kappa shape index (κ2) is 4.32. The number of ether oxygens (including phenoxy) is 2. The van der Waals surface area contributed by atoms with Crippen LogP contribution in [-0.2, 0) is 4.79 Å². The molecule has 0 aromatic heterocycles. The van der Waals surface area contributed by atoms with Gasteiger partial charge in [-0.25, -0.2) is 4.79 Å². The molecule has 0 saturated carbocycles. The number of nitrogens with one attached hydrogen (secondary N) is 1. The molecule has 0 unspecified atom stereocenters. The minimum Gasteiger partial charge on any atom is -0.497 e. The van der Waals surface area contributed by atoms with E-state index in [2.05, 4.69) is 5.32 Å². The topological polar surface area (TPSA) is 67.9 Å². The highest BCUT2D eigenvalue weighted by Crippen LogP contribution is 2.29. The van der Waals surface area contributed by atoms with Crippen molar-refractivity contribution < 1.29 is 19.1 Å². The number of imide groups is 1. The van der Waals surface area contributed by atoms with Crippen molar-refractivity contribution in [1.82, 2.24) is 5.32 Å². The number of hydrogen-bond donors (Lipinski definition) is 1. The first-order valence-corrected chi connectivity index (χ1v) is 4.98.